The van der Waals surface area contributed by atoms with Gasteiger partial charge in [0.15, 0.2) is 0 Å². The molecule has 1 fully saturated rings. The summed E-state index contributed by atoms with van der Waals surface area (Å²) in [6.07, 6.45) is -3.15. The summed E-state index contributed by atoms with van der Waals surface area (Å²) in [4.78, 5) is 16.1. The van der Waals surface area contributed by atoms with E-state index in [1.165, 1.54) is 12.3 Å². The predicted molar refractivity (Wildman–Crippen MR) is 103 cm³/mol. The number of piperazine rings is 1. The van der Waals surface area contributed by atoms with Crippen molar-refractivity contribution in [1.82, 2.24) is 14.7 Å². The van der Waals surface area contributed by atoms with Gasteiger partial charge in [-0.15, -0.1) is 0 Å². The van der Waals surface area contributed by atoms with E-state index in [9.17, 15) is 23.1 Å². The molecule has 0 radical (unpaired) electrons. The van der Waals surface area contributed by atoms with Crippen molar-refractivity contribution in [3.05, 3.63) is 46.8 Å². The number of anilines is 1. The molecule has 1 atom stereocenters. The van der Waals surface area contributed by atoms with Crippen LogP contribution in [0.5, 0.6) is 0 Å². The quantitative estimate of drug-likeness (QED) is 0.820. The minimum atomic E-state index is -4.66. The fourth-order valence-electron chi connectivity index (χ4n) is 3.72. The van der Waals surface area contributed by atoms with E-state index in [0.717, 1.165) is 17.8 Å². The number of carbonyl (C=O) groups is 1. The highest BCUT2D eigenvalue weighted by atomic mass is 19.4. The molecule has 2 aromatic rings. The molecule has 1 aliphatic rings. The molecule has 3 rings (SSSR count). The summed E-state index contributed by atoms with van der Waals surface area (Å²) < 4.78 is 41.6. The number of nitriles is 1. The molecule has 7 nitrogen and oxygen atoms in total. The number of nitrogens with zero attached hydrogens (tertiary/aromatic N) is 5. The van der Waals surface area contributed by atoms with Gasteiger partial charge in [-0.3, -0.25) is 9.48 Å². The summed E-state index contributed by atoms with van der Waals surface area (Å²) in [6.45, 7) is 4.72. The van der Waals surface area contributed by atoms with E-state index >= 15 is 0 Å². The van der Waals surface area contributed by atoms with Gasteiger partial charge in [0, 0.05) is 37.6 Å². The minimum Gasteiger partial charge on any atom is -0.394 e. The van der Waals surface area contributed by atoms with Crippen molar-refractivity contribution in [3.63, 3.8) is 0 Å². The van der Waals surface area contributed by atoms with Gasteiger partial charge >= 0.3 is 6.18 Å². The van der Waals surface area contributed by atoms with Crippen LogP contribution in [0.4, 0.5) is 18.9 Å². The lowest BCUT2D eigenvalue weighted by atomic mass is 10.0. The number of aromatic nitrogens is 2. The van der Waals surface area contributed by atoms with E-state index in [2.05, 4.69) is 5.10 Å². The van der Waals surface area contributed by atoms with Gasteiger partial charge < -0.3 is 14.9 Å². The Morgan fingerprint density at radius 3 is 2.67 bits per heavy atom. The second-order valence-electron chi connectivity index (χ2n) is 7.08. The van der Waals surface area contributed by atoms with Crippen molar-refractivity contribution in [3.8, 4) is 6.07 Å². The van der Waals surface area contributed by atoms with E-state index in [1.54, 1.807) is 27.5 Å². The third kappa shape index (κ3) is 3.98. The van der Waals surface area contributed by atoms with Gasteiger partial charge in [-0.1, -0.05) is 0 Å². The number of benzene rings is 1. The van der Waals surface area contributed by atoms with E-state index < -0.39 is 23.3 Å². The standard InChI is InChI=1S/C20H22F3N5O2/c1-3-28-13(2)17(10-25-28)19(30)26-6-7-27(16(11-26)12-29)15-5-4-14(9-24)18(8-15)20(21,22)23/h4-5,8,10,16,29H,3,6-7,11-12H2,1-2H3. The van der Waals surface area contributed by atoms with E-state index in [4.69, 9.17) is 5.26 Å². The number of aliphatic hydroxyl groups excluding tert-OH is 1. The topological polar surface area (TPSA) is 85.4 Å². The van der Waals surface area contributed by atoms with Crippen molar-refractivity contribution in [2.24, 2.45) is 0 Å². The number of amides is 1. The fraction of sp³-hybridized carbons (Fsp3) is 0.450. The Bertz CT molecular complexity index is 980. The van der Waals surface area contributed by atoms with Crippen molar-refractivity contribution < 1.29 is 23.1 Å². The molecule has 0 aliphatic carbocycles. The average molecular weight is 421 g/mol. The van der Waals surface area contributed by atoms with Crippen LogP contribution < -0.4 is 4.90 Å². The Morgan fingerprint density at radius 1 is 1.37 bits per heavy atom. The van der Waals surface area contributed by atoms with Gasteiger partial charge in [0.1, 0.15) is 0 Å². The van der Waals surface area contributed by atoms with Crippen LogP contribution >= 0.6 is 0 Å². The van der Waals surface area contributed by atoms with Crippen LogP contribution in [-0.2, 0) is 12.7 Å². The molecule has 1 saturated heterocycles. The Labute approximate surface area is 171 Å². The van der Waals surface area contributed by atoms with Gasteiger partial charge in [0.05, 0.1) is 41.6 Å². The summed E-state index contributed by atoms with van der Waals surface area (Å²) in [5, 5.41) is 23.0. The highest BCUT2D eigenvalue weighted by Crippen LogP contribution is 2.35. The van der Waals surface area contributed by atoms with Gasteiger partial charge in [-0.25, -0.2) is 0 Å². The lowest BCUT2D eigenvalue weighted by Gasteiger charge is -2.42. The molecule has 0 bridgehead atoms. The maximum atomic E-state index is 13.3. The second kappa shape index (κ2) is 8.36. The molecule has 1 amide bonds. The first-order valence-electron chi connectivity index (χ1n) is 9.51. The summed E-state index contributed by atoms with van der Waals surface area (Å²) in [7, 11) is 0. The van der Waals surface area contributed by atoms with Crippen LogP contribution in [0.2, 0.25) is 0 Å². The highest BCUT2D eigenvalue weighted by Gasteiger charge is 2.36. The van der Waals surface area contributed by atoms with Gasteiger partial charge in [0.25, 0.3) is 5.91 Å². The van der Waals surface area contributed by atoms with Crippen molar-refractivity contribution in [2.75, 3.05) is 31.1 Å². The minimum absolute atomic E-state index is 0.160. The van der Waals surface area contributed by atoms with Crippen molar-refractivity contribution in [1.29, 1.82) is 5.26 Å². The maximum Gasteiger partial charge on any atom is 0.417 e. The summed E-state index contributed by atoms with van der Waals surface area (Å²) >= 11 is 0. The second-order valence-corrected chi connectivity index (χ2v) is 7.08. The predicted octanol–water partition coefficient (Wildman–Crippen LogP) is 2.43. The van der Waals surface area contributed by atoms with E-state index in [1.807, 2.05) is 6.92 Å². The number of alkyl halides is 3. The molecule has 1 aliphatic heterocycles. The van der Waals surface area contributed by atoms with Crippen LogP contribution in [0, 0.1) is 18.3 Å². The third-order valence-electron chi connectivity index (χ3n) is 5.37. The van der Waals surface area contributed by atoms with Crippen LogP contribution in [0.15, 0.2) is 24.4 Å². The molecular weight excluding hydrogens is 399 g/mol. The Balaban J connectivity index is 1.84. The molecule has 2 heterocycles. The summed E-state index contributed by atoms with van der Waals surface area (Å²) in [5.74, 6) is -0.221. The molecule has 160 valence electrons. The molecular formula is C20H22F3N5O2. The van der Waals surface area contributed by atoms with E-state index in [0.29, 0.717) is 12.1 Å². The summed E-state index contributed by atoms with van der Waals surface area (Å²) in [6, 6.07) is 4.48. The first-order chi connectivity index (χ1) is 14.2. The zero-order chi connectivity index (χ0) is 22.1. The first kappa shape index (κ1) is 21.6. The zero-order valence-electron chi connectivity index (χ0n) is 16.6. The zero-order valence-corrected chi connectivity index (χ0v) is 16.6. The molecule has 1 aromatic heterocycles. The summed E-state index contributed by atoms with van der Waals surface area (Å²) in [5.41, 5.74) is -0.00103. The maximum absolute atomic E-state index is 13.3. The Kier molecular flexibility index (Phi) is 6.03. The average Bonchev–Trinajstić information content (AvgIpc) is 3.11. The number of aliphatic hydroxyl groups is 1. The molecule has 0 spiro atoms. The van der Waals surface area contributed by atoms with Crippen molar-refractivity contribution in [2.45, 2.75) is 32.6 Å². The number of halogens is 3. The van der Waals surface area contributed by atoms with Crippen LogP contribution in [0.3, 0.4) is 0 Å². The monoisotopic (exact) mass is 421 g/mol. The van der Waals surface area contributed by atoms with Crippen molar-refractivity contribution >= 4 is 11.6 Å². The smallest absolute Gasteiger partial charge is 0.394 e. The van der Waals surface area contributed by atoms with Gasteiger partial charge in [-0.2, -0.15) is 23.5 Å². The lowest BCUT2D eigenvalue weighted by Crippen LogP contribution is -2.56. The normalized spacial score (nSPS) is 17.2. The van der Waals surface area contributed by atoms with Crippen LogP contribution in [0.1, 0.15) is 34.1 Å². The molecule has 30 heavy (non-hydrogen) atoms. The largest absolute Gasteiger partial charge is 0.417 e. The number of rotatable bonds is 4. The number of aryl methyl sites for hydroxylation is 1. The third-order valence-corrected chi connectivity index (χ3v) is 5.37. The van der Waals surface area contributed by atoms with Crippen LogP contribution in [-0.4, -0.2) is 58.0 Å². The molecule has 1 aromatic carbocycles. The first-order valence-corrected chi connectivity index (χ1v) is 9.51. The molecule has 1 N–H and O–H groups in total. The highest BCUT2D eigenvalue weighted by molar-refractivity contribution is 5.95. The number of hydrogen-bond donors (Lipinski definition) is 1. The van der Waals surface area contributed by atoms with Gasteiger partial charge in [-0.05, 0) is 32.0 Å². The van der Waals surface area contributed by atoms with E-state index in [-0.39, 0.29) is 37.8 Å². The number of carbonyl (C=O) groups excluding carboxylic acids is 1. The lowest BCUT2D eigenvalue weighted by molar-refractivity contribution is -0.137. The SMILES string of the molecule is CCn1ncc(C(=O)N2CCN(c3ccc(C#N)c(C(F)(F)F)c3)C(CO)C2)c1C. The molecule has 10 heteroatoms. The Hall–Kier alpha value is -3.06. The Morgan fingerprint density at radius 2 is 2.10 bits per heavy atom. The fourth-order valence-corrected chi connectivity index (χ4v) is 3.72. The molecule has 0 saturated carbocycles. The number of hydrogen-bond acceptors (Lipinski definition) is 5. The van der Waals surface area contributed by atoms with Gasteiger partial charge in [0.2, 0.25) is 0 Å². The molecule has 1 unspecified atom stereocenters. The van der Waals surface area contributed by atoms with Crippen LogP contribution in [0.25, 0.3) is 0 Å².